The summed E-state index contributed by atoms with van der Waals surface area (Å²) in [5.74, 6) is -0.200. The molecule has 22 heavy (non-hydrogen) atoms. The van der Waals surface area contributed by atoms with Gasteiger partial charge in [0, 0.05) is 17.2 Å². The lowest BCUT2D eigenvalue weighted by atomic mass is 10.1. The molecule has 0 saturated carbocycles. The molecule has 5 nitrogen and oxygen atoms in total. The molecule has 0 fully saturated rings. The van der Waals surface area contributed by atoms with E-state index in [1.165, 1.54) is 6.07 Å². The van der Waals surface area contributed by atoms with Crippen LogP contribution in [0.25, 0.3) is 11.3 Å². The van der Waals surface area contributed by atoms with Crippen LogP contribution in [0.2, 0.25) is 0 Å². The Bertz CT molecular complexity index is 843. The Hall–Kier alpha value is -3.21. The molecule has 2 aromatic carbocycles. The first-order valence-corrected chi connectivity index (χ1v) is 6.75. The zero-order valence-corrected chi connectivity index (χ0v) is 11.6. The molecule has 0 saturated heterocycles. The number of benzene rings is 2. The summed E-state index contributed by atoms with van der Waals surface area (Å²) in [4.78, 5) is 30.7. The fourth-order valence-electron chi connectivity index (χ4n) is 2.04. The number of hydrogen-bond acceptors (Lipinski definition) is 3. The standard InChI is InChI=1S/C17H13N3O2/c21-15-11-14(12-7-3-1-4-8-12)18-17(19-15)20-16(22)13-9-5-2-6-10-13/h1-11H,(H2,18,19,20,21,22). The van der Waals surface area contributed by atoms with Gasteiger partial charge in [-0.1, -0.05) is 48.5 Å². The highest BCUT2D eigenvalue weighted by Crippen LogP contribution is 2.15. The summed E-state index contributed by atoms with van der Waals surface area (Å²) >= 11 is 0. The molecule has 0 radical (unpaired) electrons. The number of hydrogen-bond donors (Lipinski definition) is 2. The summed E-state index contributed by atoms with van der Waals surface area (Å²) in [6.45, 7) is 0. The van der Waals surface area contributed by atoms with Crippen LogP contribution in [0, 0.1) is 0 Å². The molecule has 0 aliphatic rings. The van der Waals surface area contributed by atoms with Crippen LogP contribution in [0.4, 0.5) is 5.95 Å². The van der Waals surface area contributed by atoms with E-state index in [-0.39, 0.29) is 17.4 Å². The smallest absolute Gasteiger partial charge is 0.257 e. The summed E-state index contributed by atoms with van der Waals surface area (Å²) in [7, 11) is 0. The minimum atomic E-state index is -0.325. The van der Waals surface area contributed by atoms with Crippen molar-refractivity contribution in [3.05, 3.63) is 82.6 Å². The van der Waals surface area contributed by atoms with Crippen molar-refractivity contribution >= 4 is 11.9 Å². The summed E-state index contributed by atoms with van der Waals surface area (Å²) < 4.78 is 0. The van der Waals surface area contributed by atoms with Crippen molar-refractivity contribution in [3.8, 4) is 11.3 Å². The van der Waals surface area contributed by atoms with E-state index in [0.717, 1.165) is 5.56 Å². The van der Waals surface area contributed by atoms with Crippen LogP contribution in [0.3, 0.4) is 0 Å². The molecule has 0 spiro atoms. The Morgan fingerprint density at radius 3 is 2.27 bits per heavy atom. The first-order valence-electron chi connectivity index (χ1n) is 6.75. The highest BCUT2D eigenvalue weighted by atomic mass is 16.2. The molecule has 1 heterocycles. The number of anilines is 1. The van der Waals surface area contributed by atoms with Gasteiger partial charge in [-0.3, -0.25) is 19.9 Å². The lowest BCUT2D eigenvalue weighted by Crippen LogP contribution is -2.18. The van der Waals surface area contributed by atoms with Crippen LogP contribution in [0.1, 0.15) is 10.4 Å². The molecule has 0 aliphatic heterocycles. The van der Waals surface area contributed by atoms with Gasteiger partial charge in [0.15, 0.2) is 0 Å². The summed E-state index contributed by atoms with van der Waals surface area (Å²) in [6.07, 6.45) is 0. The number of rotatable bonds is 3. The zero-order chi connectivity index (χ0) is 15.4. The third-order valence-electron chi connectivity index (χ3n) is 3.08. The Labute approximate surface area is 126 Å². The van der Waals surface area contributed by atoms with Gasteiger partial charge in [0.05, 0.1) is 5.69 Å². The SMILES string of the molecule is O=C(Nc1nc(-c2ccccc2)cc(=O)[nH]1)c1ccccc1. The fraction of sp³-hybridized carbons (Fsp3) is 0. The van der Waals surface area contributed by atoms with E-state index in [2.05, 4.69) is 15.3 Å². The molecule has 108 valence electrons. The van der Waals surface area contributed by atoms with Crippen molar-refractivity contribution in [1.82, 2.24) is 9.97 Å². The first kappa shape index (κ1) is 13.8. The molecule has 3 rings (SSSR count). The van der Waals surface area contributed by atoms with E-state index in [4.69, 9.17) is 0 Å². The largest absolute Gasteiger partial charge is 0.292 e. The highest BCUT2D eigenvalue weighted by molar-refractivity contribution is 6.03. The van der Waals surface area contributed by atoms with E-state index in [0.29, 0.717) is 11.3 Å². The number of carbonyl (C=O) groups excluding carboxylic acids is 1. The molecule has 5 heteroatoms. The van der Waals surface area contributed by atoms with Crippen LogP contribution in [-0.4, -0.2) is 15.9 Å². The topological polar surface area (TPSA) is 74.8 Å². The normalized spacial score (nSPS) is 10.2. The van der Waals surface area contributed by atoms with Gasteiger partial charge < -0.3 is 0 Å². The van der Waals surface area contributed by atoms with Gasteiger partial charge in [-0.25, -0.2) is 4.98 Å². The lowest BCUT2D eigenvalue weighted by Gasteiger charge is -2.06. The minimum absolute atomic E-state index is 0.125. The second kappa shape index (κ2) is 6.05. The molecule has 1 amide bonds. The Morgan fingerprint density at radius 2 is 1.59 bits per heavy atom. The number of nitrogens with zero attached hydrogens (tertiary/aromatic N) is 1. The van der Waals surface area contributed by atoms with Crippen molar-refractivity contribution in [2.24, 2.45) is 0 Å². The van der Waals surface area contributed by atoms with Gasteiger partial charge >= 0.3 is 0 Å². The third kappa shape index (κ3) is 3.09. The predicted molar refractivity (Wildman–Crippen MR) is 84.7 cm³/mol. The van der Waals surface area contributed by atoms with Gasteiger partial charge in [-0.05, 0) is 12.1 Å². The molecule has 0 bridgehead atoms. The van der Waals surface area contributed by atoms with Crippen LogP contribution in [0.15, 0.2) is 71.5 Å². The number of H-pyrrole nitrogens is 1. The maximum atomic E-state index is 12.1. The van der Waals surface area contributed by atoms with Crippen molar-refractivity contribution < 1.29 is 4.79 Å². The highest BCUT2D eigenvalue weighted by Gasteiger charge is 2.09. The van der Waals surface area contributed by atoms with Gasteiger partial charge in [-0.15, -0.1) is 0 Å². The van der Waals surface area contributed by atoms with E-state index >= 15 is 0 Å². The Morgan fingerprint density at radius 1 is 0.955 bits per heavy atom. The van der Waals surface area contributed by atoms with E-state index < -0.39 is 0 Å². The second-order valence-electron chi connectivity index (χ2n) is 4.67. The number of aromatic amines is 1. The van der Waals surface area contributed by atoms with Crippen molar-refractivity contribution in [2.75, 3.05) is 5.32 Å². The monoisotopic (exact) mass is 291 g/mol. The summed E-state index contributed by atoms with van der Waals surface area (Å²) in [5.41, 5.74) is 1.49. The quantitative estimate of drug-likeness (QED) is 0.779. The second-order valence-corrected chi connectivity index (χ2v) is 4.67. The molecule has 0 unspecified atom stereocenters. The summed E-state index contributed by atoms with van der Waals surface area (Å²) in [5, 5.41) is 2.60. The van der Waals surface area contributed by atoms with Gasteiger partial charge in [0.1, 0.15) is 0 Å². The van der Waals surface area contributed by atoms with E-state index in [1.807, 2.05) is 36.4 Å². The van der Waals surface area contributed by atoms with Gasteiger partial charge in [0.2, 0.25) is 5.95 Å². The van der Waals surface area contributed by atoms with E-state index in [9.17, 15) is 9.59 Å². The van der Waals surface area contributed by atoms with Crippen LogP contribution in [0.5, 0.6) is 0 Å². The average molecular weight is 291 g/mol. The lowest BCUT2D eigenvalue weighted by molar-refractivity contribution is 0.102. The number of aromatic nitrogens is 2. The zero-order valence-electron chi connectivity index (χ0n) is 11.6. The van der Waals surface area contributed by atoms with Crippen LogP contribution in [-0.2, 0) is 0 Å². The van der Waals surface area contributed by atoms with Gasteiger partial charge in [-0.2, -0.15) is 0 Å². The average Bonchev–Trinajstić information content (AvgIpc) is 2.56. The predicted octanol–water partition coefficient (Wildman–Crippen LogP) is 2.69. The summed E-state index contributed by atoms with van der Waals surface area (Å²) in [6, 6.07) is 19.4. The first-order chi connectivity index (χ1) is 10.7. The minimum Gasteiger partial charge on any atom is -0.292 e. The molecular weight excluding hydrogens is 278 g/mol. The van der Waals surface area contributed by atoms with Crippen molar-refractivity contribution in [1.29, 1.82) is 0 Å². The molecule has 0 aliphatic carbocycles. The van der Waals surface area contributed by atoms with E-state index in [1.54, 1.807) is 24.3 Å². The third-order valence-corrected chi connectivity index (χ3v) is 3.08. The van der Waals surface area contributed by atoms with Gasteiger partial charge in [0.25, 0.3) is 11.5 Å². The molecule has 2 N–H and O–H groups in total. The van der Waals surface area contributed by atoms with Crippen molar-refractivity contribution in [3.63, 3.8) is 0 Å². The van der Waals surface area contributed by atoms with Crippen LogP contribution >= 0.6 is 0 Å². The molecule has 3 aromatic rings. The maximum Gasteiger partial charge on any atom is 0.257 e. The number of carbonyl (C=O) groups is 1. The number of nitrogens with one attached hydrogen (secondary N) is 2. The number of amides is 1. The van der Waals surface area contributed by atoms with Crippen molar-refractivity contribution in [2.45, 2.75) is 0 Å². The Kier molecular flexibility index (Phi) is 3.78. The molecular formula is C17H13N3O2. The Balaban J connectivity index is 1.91. The molecule has 0 atom stereocenters. The molecule has 1 aromatic heterocycles. The fourth-order valence-corrected chi connectivity index (χ4v) is 2.04. The maximum absolute atomic E-state index is 12.1. The van der Waals surface area contributed by atoms with Crippen LogP contribution < -0.4 is 10.9 Å².